The van der Waals surface area contributed by atoms with Gasteiger partial charge in [0.15, 0.2) is 11.4 Å². The smallest absolute Gasteiger partial charge is 0.343 e. The third-order valence-electron chi connectivity index (χ3n) is 7.33. The number of amides is 1. The van der Waals surface area contributed by atoms with Crippen molar-refractivity contribution in [3.05, 3.63) is 54.2 Å². The fourth-order valence-corrected chi connectivity index (χ4v) is 5.16. The number of hydrogen-bond acceptors (Lipinski definition) is 7. The first-order valence-corrected chi connectivity index (χ1v) is 13.6. The Morgan fingerprint density at radius 3 is 2.51 bits per heavy atom. The molecule has 0 unspecified atom stereocenters. The molecule has 2 heterocycles. The van der Waals surface area contributed by atoms with Gasteiger partial charge in [0.25, 0.3) is 0 Å². The van der Waals surface area contributed by atoms with Crippen LogP contribution in [0.1, 0.15) is 63.7 Å². The molecule has 9 heteroatoms. The van der Waals surface area contributed by atoms with E-state index in [4.69, 9.17) is 20.0 Å². The maximum absolute atomic E-state index is 13.7. The lowest BCUT2D eigenvalue weighted by Gasteiger charge is -2.32. The molecule has 39 heavy (non-hydrogen) atoms. The van der Waals surface area contributed by atoms with Crippen molar-refractivity contribution >= 4 is 34.5 Å². The zero-order valence-corrected chi connectivity index (χ0v) is 22.9. The second-order valence-electron chi connectivity index (χ2n) is 10.6. The Morgan fingerprint density at radius 2 is 1.85 bits per heavy atom. The number of oxazole rings is 1. The van der Waals surface area contributed by atoms with Crippen LogP contribution in [0.2, 0.25) is 0 Å². The first kappa shape index (κ1) is 26.5. The van der Waals surface area contributed by atoms with Gasteiger partial charge in [0.2, 0.25) is 11.8 Å². The maximum Gasteiger partial charge on any atom is 0.343 e. The lowest BCUT2D eigenvalue weighted by Crippen LogP contribution is -2.43. The highest BCUT2D eigenvalue weighted by atomic mass is 16.5. The fourth-order valence-electron chi connectivity index (χ4n) is 5.16. The van der Waals surface area contributed by atoms with E-state index in [2.05, 4.69) is 11.9 Å². The van der Waals surface area contributed by atoms with Crippen molar-refractivity contribution in [2.75, 3.05) is 17.2 Å². The summed E-state index contributed by atoms with van der Waals surface area (Å²) in [5.74, 6) is 0.875. The van der Waals surface area contributed by atoms with Crippen molar-refractivity contribution in [1.82, 2.24) is 14.8 Å². The molecule has 4 aromatic rings. The number of benzene rings is 2. The predicted molar refractivity (Wildman–Crippen MR) is 151 cm³/mol. The molecule has 5 rings (SSSR count). The molecular weight excluding hydrogens is 494 g/mol. The van der Waals surface area contributed by atoms with Crippen LogP contribution < -0.4 is 10.6 Å². The number of rotatable bonds is 7. The monoisotopic (exact) mass is 529 g/mol. The third-order valence-corrected chi connectivity index (χ3v) is 7.33. The van der Waals surface area contributed by atoms with E-state index >= 15 is 0 Å². The zero-order chi connectivity index (χ0) is 27.7. The summed E-state index contributed by atoms with van der Waals surface area (Å²) in [4.78, 5) is 32.9. The molecule has 0 bridgehead atoms. The number of esters is 1. The lowest BCUT2D eigenvalue weighted by molar-refractivity contribution is -0.124. The van der Waals surface area contributed by atoms with Crippen LogP contribution in [0.4, 0.5) is 11.5 Å². The molecule has 0 spiro atoms. The average molecular weight is 530 g/mol. The molecule has 0 radical (unpaired) electrons. The van der Waals surface area contributed by atoms with Crippen LogP contribution >= 0.6 is 0 Å². The van der Waals surface area contributed by atoms with E-state index in [1.807, 2.05) is 38.1 Å². The summed E-state index contributed by atoms with van der Waals surface area (Å²) < 4.78 is 12.8. The summed E-state index contributed by atoms with van der Waals surface area (Å²) in [6, 6.07) is 12.7. The van der Waals surface area contributed by atoms with Crippen molar-refractivity contribution in [1.29, 1.82) is 0 Å². The van der Waals surface area contributed by atoms with Gasteiger partial charge in [0, 0.05) is 29.4 Å². The van der Waals surface area contributed by atoms with Gasteiger partial charge in [0.05, 0.1) is 12.3 Å². The van der Waals surface area contributed by atoms with Gasteiger partial charge in [-0.3, -0.25) is 9.69 Å². The highest BCUT2D eigenvalue weighted by molar-refractivity contribution is 6.02. The number of ether oxygens (including phenoxy) is 1. The van der Waals surface area contributed by atoms with Crippen molar-refractivity contribution < 1.29 is 18.7 Å². The number of hydrogen-bond donors (Lipinski definition) is 1. The van der Waals surface area contributed by atoms with Crippen LogP contribution in [0.15, 0.2) is 53.1 Å². The third kappa shape index (κ3) is 5.39. The van der Waals surface area contributed by atoms with Crippen molar-refractivity contribution in [3.8, 4) is 17.1 Å². The summed E-state index contributed by atoms with van der Waals surface area (Å²) >= 11 is 0. The minimum atomic E-state index is -0.503. The SMILES string of the molecule is CCOC(=O)c1cn(-c2ccc(-c3nc4cc(N)ccc4o3)cc2)nc1N(C(=O)[C@H]1CC[C@H](C)CC1)C(C)C. The van der Waals surface area contributed by atoms with Gasteiger partial charge in [-0.1, -0.05) is 6.92 Å². The van der Waals surface area contributed by atoms with Gasteiger partial charge < -0.3 is 14.9 Å². The summed E-state index contributed by atoms with van der Waals surface area (Å²) in [5, 5.41) is 4.75. The van der Waals surface area contributed by atoms with Crippen LogP contribution in [-0.4, -0.2) is 39.3 Å². The molecule has 2 aromatic heterocycles. The summed E-state index contributed by atoms with van der Waals surface area (Å²) in [5.41, 5.74) is 9.61. The molecule has 204 valence electrons. The Bertz CT molecular complexity index is 1480. The Labute approximate surface area is 227 Å². The normalized spacial score (nSPS) is 17.5. The van der Waals surface area contributed by atoms with E-state index in [-0.39, 0.29) is 30.0 Å². The minimum Gasteiger partial charge on any atom is -0.462 e. The fraction of sp³-hybridized carbons (Fsp3) is 0.400. The minimum absolute atomic E-state index is 0.0136. The Kier molecular flexibility index (Phi) is 7.41. The Balaban J connectivity index is 1.48. The lowest BCUT2D eigenvalue weighted by atomic mass is 9.82. The number of aromatic nitrogens is 3. The van der Waals surface area contributed by atoms with Crippen LogP contribution in [0, 0.1) is 11.8 Å². The molecule has 2 N–H and O–H groups in total. The molecule has 1 saturated carbocycles. The number of nitrogens with zero attached hydrogens (tertiary/aromatic N) is 4. The van der Waals surface area contributed by atoms with Gasteiger partial charge >= 0.3 is 5.97 Å². The number of nitrogens with two attached hydrogens (primary N) is 1. The highest BCUT2D eigenvalue weighted by Gasteiger charge is 2.34. The quantitative estimate of drug-likeness (QED) is 0.230. The van der Waals surface area contributed by atoms with Gasteiger partial charge in [-0.05, 0) is 94.8 Å². The van der Waals surface area contributed by atoms with Crippen LogP contribution in [0.25, 0.3) is 28.2 Å². The van der Waals surface area contributed by atoms with Crippen LogP contribution in [0.5, 0.6) is 0 Å². The Hall–Kier alpha value is -4.14. The maximum atomic E-state index is 13.7. The van der Waals surface area contributed by atoms with Gasteiger partial charge in [-0.2, -0.15) is 0 Å². The zero-order valence-electron chi connectivity index (χ0n) is 22.9. The van der Waals surface area contributed by atoms with E-state index in [1.165, 1.54) is 0 Å². The summed E-state index contributed by atoms with van der Waals surface area (Å²) in [7, 11) is 0. The molecule has 1 fully saturated rings. The Morgan fingerprint density at radius 1 is 1.13 bits per heavy atom. The van der Waals surface area contributed by atoms with Gasteiger partial charge in [-0.25, -0.2) is 14.5 Å². The number of nitrogen functional groups attached to an aromatic ring is 1. The van der Waals surface area contributed by atoms with E-state index in [0.717, 1.165) is 36.9 Å². The molecule has 1 aliphatic carbocycles. The van der Waals surface area contributed by atoms with E-state index in [0.29, 0.717) is 34.4 Å². The number of carbonyl (C=O) groups excluding carboxylic acids is 2. The first-order chi connectivity index (χ1) is 18.7. The number of carbonyl (C=O) groups is 2. The second-order valence-corrected chi connectivity index (χ2v) is 10.6. The largest absolute Gasteiger partial charge is 0.462 e. The van der Waals surface area contributed by atoms with Crippen molar-refractivity contribution in [2.24, 2.45) is 11.8 Å². The highest BCUT2D eigenvalue weighted by Crippen LogP contribution is 2.33. The predicted octanol–water partition coefficient (Wildman–Crippen LogP) is 6.01. The molecular formula is C30H35N5O4. The first-order valence-electron chi connectivity index (χ1n) is 13.6. The van der Waals surface area contributed by atoms with E-state index < -0.39 is 5.97 Å². The molecule has 0 atom stereocenters. The summed E-state index contributed by atoms with van der Waals surface area (Å²) in [6.45, 7) is 8.10. The van der Waals surface area contributed by atoms with Crippen LogP contribution in [0.3, 0.4) is 0 Å². The molecule has 2 aromatic carbocycles. The molecule has 0 saturated heterocycles. The molecule has 1 amide bonds. The topological polar surface area (TPSA) is 116 Å². The van der Waals surface area contributed by atoms with E-state index in [1.54, 1.807) is 40.9 Å². The molecule has 0 aliphatic heterocycles. The standard InChI is InChI=1S/C30H35N5O4/c1-5-38-30(37)24-17-34(33-27(24)35(18(2)3)29(36)21-8-6-19(4)7-9-21)23-13-10-20(11-14-23)28-32-25-16-22(31)12-15-26(25)39-28/h10-19,21H,5-9,31H2,1-4H3/t19-,21-. The molecule has 1 aliphatic rings. The van der Waals surface area contributed by atoms with Crippen LogP contribution in [-0.2, 0) is 9.53 Å². The van der Waals surface area contributed by atoms with E-state index in [9.17, 15) is 9.59 Å². The number of fused-ring (bicyclic) bond motifs is 1. The van der Waals surface area contributed by atoms with Gasteiger partial charge in [-0.15, -0.1) is 5.10 Å². The second kappa shape index (κ2) is 10.9. The van der Waals surface area contributed by atoms with Gasteiger partial charge in [0.1, 0.15) is 11.1 Å². The average Bonchev–Trinajstić information content (AvgIpc) is 3.54. The van der Waals surface area contributed by atoms with Crippen molar-refractivity contribution in [3.63, 3.8) is 0 Å². The van der Waals surface area contributed by atoms with Crippen molar-refractivity contribution in [2.45, 2.75) is 59.4 Å². The molecule has 9 nitrogen and oxygen atoms in total. The number of anilines is 2. The summed E-state index contributed by atoms with van der Waals surface area (Å²) in [6.07, 6.45) is 5.39.